The Labute approximate surface area is 213 Å². The van der Waals surface area contributed by atoms with E-state index in [-0.39, 0.29) is 17.2 Å². The second-order valence-corrected chi connectivity index (χ2v) is 8.32. The number of hydrogen-bond donors (Lipinski definition) is 2. The first-order valence-corrected chi connectivity index (χ1v) is 11.5. The first-order chi connectivity index (χ1) is 18.0. The minimum absolute atomic E-state index is 0.0523. The van der Waals surface area contributed by atoms with Crippen molar-refractivity contribution < 1.29 is 4.74 Å². The highest BCUT2D eigenvalue weighted by Crippen LogP contribution is 2.31. The first kappa shape index (κ1) is 23.5. The number of hydrogen-bond acceptors (Lipinski definition) is 7. The van der Waals surface area contributed by atoms with Gasteiger partial charge in [0.25, 0.3) is 5.56 Å². The molecule has 37 heavy (non-hydrogen) atoms. The summed E-state index contributed by atoms with van der Waals surface area (Å²) < 4.78 is 6.98. The van der Waals surface area contributed by atoms with E-state index in [2.05, 4.69) is 25.1 Å². The summed E-state index contributed by atoms with van der Waals surface area (Å²) in [6.45, 7) is 9.35. The average molecular weight is 490 g/mol. The van der Waals surface area contributed by atoms with Gasteiger partial charge in [-0.25, -0.2) is 19.8 Å². The number of nitrogens with one attached hydrogen (secondary N) is 1. The zero-order valence-corrected chi connectivity index (χ0v) is 20.2. The molecule has 2 aromatic carbocycles. The summed E-state index contributed by atoms with van der Waals surface area (Å²) in [7, 11) is 1.56. The molecule has 182 valence electrons. The normalized spacial score (nSPS) is 11.6. The maximum absolute atomic E-state index is 14.2. The van der Waals surface area contributed by atoms with E-state index in [0.717, 1.165) is 5.39 Å². The summed E-state index contributed by atoms with van der Waals surface area (Å²) >= 11 is 0. The van der Waals surface area contributed by atoms with Crippen molar-refractivity contribution in [2.75, 3.05) is 18.2 Å². The van der Waals surface area contributed by atoms with Crippen LogP contribution in [0.4, 0.5) is 17.5 Å². The van der Waals surface area contributed by atoms with Crippen LogP contribution in [-0.4, -0.2) is 26.6 Å². The van der Waals surface area contributed by atoms with Crippen molar-refractivity contribution in [3.63, 3.8) is 0 Å². The Kier molecular flexibility index (Phi) is 6.22. The van der Waals surface area contributed by atoms with Crippen LogP contribution < -0.4 is 21.3 Å². The van der Waals surface area contributed by atoms with E-state index in [1.54, 1.807) is 17.7 Å². The number of fused-ring (bicyclic) bond motifs is 1. The van der Waals surface area contributed by atoms with Crippen LogP contribution in [0.3, 0.4) is 0 Å². The third kappa shape index (κ3) is 4.44. The smallest absolute Gasteiger partial charge is 0.263 e. The Balaban J connectivity index is 1.74. The zero-order valence-electron chi connectivity index (χ0n) is 20.2. The van der Waals surface area contributed by atoms with Crippen LogP contribution in [0.25, 0.3) is 32.6 Å². The molecule has 5 rings (SSSR count). The monoisotopic (exact) mass is 489 g/mol. The molecule has 0 aliphatic rings. The number of ether oxygens (including phenoxy) is 1. The van der Waals surface area contributed by atoms with Crippen molar-refractivity contribution in [3.8, 4) is 22.8 Å². The van der Waals surface area contributed by atoms with E-state index in [1.807, 2.05) is 73.7 Å². The molecule has 0 saturated carbocycles. The van der Waals surface area contributed by atoms with Gasteiger partial charge >= 0.3 is 0 Å². The third-order valence-corrected chi connectivity index (χ3v) is 6.00. The lowest BCUT2D eigenvalue weighted by molar-refractivity contribution is 0.398. The second kappa shape index (κ2) is 9.79. The molecule has 0 amide bonds. The largest absolute Gasteiger partial charge is 0.481 e. The number of anilines is 2. The second-order valence-electron chi connectivity index (χ2n) is 8.32. The summed E-state index contributed by atoms with van der Waals surface area (Å²) in [4.78, 5) is 30.4. The van der Waals surface area contributed by atoms with Crippen molar-refractivity contribution in [1.29, 1.82) is 0 Å². The standard InChI is InChI=1S/C28H23N7O2/c1-17(32-26-22(30-2)16-31-28(29)34-26)23-15-18-9-7-12-20(21-13-8-14-24(33-21)37-3)25(18)27(36)35(23)19-10-5-4-6-11-19/h4-17H,1,3H3,(H3,29,31,32,34)/t17-/m0/s1. The SMILES string of the molecule is [C-]#[N+]c1cnc(N)nc1N[C@@H](C)c1cc2cccc(-c3cccc(OC)n3)c2c(=O)n1-c1ccccc1. The Hall–Kier alpha value is -5.23. The number of methoxy groups -OCH3 is 1. The molecule has 0 bridgehead atoms. The fourth-order valence-electron chi connectivity index (χ4n) is 4.29. The van der Waals surface area contributed by atoms with E-state index in [0.29, 0.717) is 39.7 Å². The number of para-hydroxylation sites is 1. The molecule has 0 aliphatic heterocycles. The minimum Gasteiger partial charge on any atom is -0.481 e. The Morgan fingerprint density at radius 1 is 1.05 bits per heavy atom. The molecule has 9 heteroatoms. The molecule has 3 aromatic heterocycles. The number of benzene rings is 2. The number of rotatable bonds is 6. The summed E-state index contributed by atoms with van der Waals surface area (Å²) in [5.41, 5.74) is 8.56. The van der Waals surface area contributed by atoms with E-state index in [9.17, 15) is 4.79 Å². The van der Waals surface area contributed by atoms with Crippen molar-refractivity contribution >= 4 is 28.2 Å². The van der Waals surface area contributed by atoms with Crippen molar-refractivity contribution in [2.24, 2.45) is 0 Å². The maximum Gasteiger partial charge on any atom is 0.263 e. The number of nitrogen functional groups attached to an aromatic ring is 1. The van der Waals surface area contributed by atoms with Crippen LogP contribution in [0.1, 0.15) is 18.7 Å². The molecular weight excluding hydrogens is 466 g/mol. The number of aromatic nitrogens is 4. The maximum atomic E-state index is 14.2. The molecule has 0 unspecified atom stereocenters. The van der Waals surface area contributed by atoms with E-state index >= 15 is 0 Å². The summed E-state index contributed by atoms with van der Waals surface area (Å²) in [5.74, 6) is 0.819. The summed E-state index contributed by atoms with van der Waals surface area (Å²) in [5, 5.41) is 4.55. The third-order valence-electron chi connectivity index (χ3n) is 6.00. The molecule has 0 saturated heterocycles. The Morgan fingerprint density at radius 3 is 2.59 bits per heavy atom. The van der Waals surface area contributed by atoms with Gasteiger partial charge in [0.15, 0.2) is 0 Å². The number of pyridine rings is 2. The van der Waals surface area contributed by atoms with E-state index in [1.165, 1.54) is 6.20 Å². The lowest BCUT2D eigenvalue weighted by Crippen LogP contribution is -2.26. The van der Waals surface area contributed by atoms with Gasteiger partial charge in [-0.15, -0.1) is 0 Å². The highest BCUT2D eigenvalue weighted by Gasteiger charge is 2.20. The molecule has 0 spiro atoms. The van der Waals surface area contributed by atoms with Crippen LogP contribution in [0, 0.1) is 6.57 Å². The highest BCUT2D eigenvalue weighted by molar-refractivity contribution is 5.95. The highest BCUT2D eigenvalue weighted by atomic mass is 16.5. The molecule has 5 aromatic rings. The average Bonchev–Trinajstić information content (AvgIpc) is 2.93. The lowest BCUT2D eigenvalue weighted by Gasteiger charge is -2.22. The predicted octanol–water partition coefficient (Wildman–Crippen LogP) is 5.16. The van der Waals surface area contributed by atoms with Crippen molar-refractivity contribution in [1.82, 2.24) is 19.5 Å². The molecule has 9 nitrogen and oxygen atoms in total. The van der Waals surface area contributed by atoms with Crippen LogP contribution in [-0.2, 0) is 0 Å². The molecule has 0 aliphatic carbocycles. The van der Waals surface area contributed by atoms with Gasteiger partial charge in [0.05, 0.1) is 30.8 Å². The quantitative estimate of drug-likeness (QED) is 0.317. The van der Waals surface area contributed by atoms with E-state index < -0.39 is 6.04 Å². The number of nitrogens with zero attached hydrogens (tertiary/aromatic N) is 5. The summed E-state index contributed by atoms with van der Waals surface area (Å²) in [6.07, 6.45) is 1.38. The molecular formula is C28H23N7O2. The van der Waals surface area contributed by atoms with Crippen molar-refractivity contribution in [3.05, 3.63) is 106 Å². The summed E-state index contributed by atoms with van der Waals surface area (Å²) in [6, 6.07) is 22.1. The molecule has 0 fully saturated rings. The first-order valence-electron chi connectivity index (χ1n) is 11.5. The van der Waals surface area contributed by atoms with Gasteiger partial charge in [0.2, 0.25) is 17.5 Å². The van der Waals surface area contributed by atoms with Crippen LogP contribution in [0.15, 0.2) is 83.8 Å². The van der Waals surface area contributed by atoms with Gasteiger partial charge in [-0.2, -0.15) is 0 Å². The van der Waals surface area contributed by atoms with E-state index in [4.69, 9.17) is 17.0 Å². The van der Waals surface area contributed by atoms with Crippen molar-refractivity contribution in [2.45, 2.75) is 13.0 Å². The van der Waals surface area contributed by atoms with Gasteiger partial charge in [-0.05, 0) is 36.6 Å². The fraction of sp³-hybridized carbons (Fsp3) is 0.107. The Morgan fingerprint density at radius 2 is 1.84 bits per heavy atom. The van der Waals surface area contributed by atoms with Crippen LogP contribution >= 0.6 is 0 Å². The predicted molar refractivity (Wildman–Crippen MR) is 144 cm³/mol. The van der Waals surface area contributed by atoms with Crippen LogP contribution in [0.5, 0.6) is 5.88 Å². The topological polar surface area (TPSA) is 112 Å². The van der Waals surface area contributed by atoms with Gasteiger partial charge in [0.1, 0.15) is 5.82 Å². The zero-order chi connectivity index (χ0) is 25.9. The molecule has 0 radical (unpaired) electrons. The molecule has 3 heterocycles. The van der Waals surface area contributed by atoms with Gasteiger partial charge in [-0.3, -0.25) is 9.36 Å². The fourth-order valence-corrected chi connectivity index (χ4v) is 4.29. The van der Waals surface area contributed by atoms with Gasteiger partial charge in [0, 0.05) is 29.2 Å². The number of nitrogens with two attached hydrogens (primary N) is 1. The molecule has 1 atom stereocenters. The van der Waals surface area contributed by atoms with Gasteiger partial charge in [-0.1, -0.05) is 42.5 Å². The lowest BCUT2D eigenvalue weighted by atomic mass is 10.0. The molecule has 3 N–H and O–H groups in total. The minimum atomic E-state index is -0.411. The van der Waals surface area contributed by atoms with Crippen LogP contribution in [0.2, 0.25) is 0 Å². The van der Waals surface area contributed by atoms with Gasteiger partial charge < -0.3 is 15.8 Å². The Bertz CT molecular complexity index is 1710.